The molecule has 2 aromatic rings. The number of halogens is 2. The van der Waals surface area contributed by atoms with Crippen molar-refractivity contribution in [3.05, 3.63) is 47.3 Å². The Labute approximate surface area is 150 Å². The Morgan fingerprint density at radius 1 is 1.08 bits per heavy atom. The van der Waals surface area contributed by atoms with Crippen molar-refractivity contribution >= 4 is 23.9 Å². The predicted molar refractivity (Wildman–Crippen MR) is 95.7 cm³/mol. The van der Waals surface area contributed by atoms with E-state index in [1.165, 1.54) is 6.08 Å². The summed E-state index contributed by atoms with van der Waals surface area (Å²) in [5, 5.41) is 2.60. The molecule has 0 radical (unpaired) electrons. The van der Waals surface area contributed by atoms with Crippen LogP contribution in [-0.4, -0.2) is 49.0 Å². The van der Waals surface area contributed by atoms with E-state index in [1.807, 2.05) is 0 Å². The molecular formula is C17H20F2N6O. The zero-order valence-corrected chi connectivity index (χ0v) is 15.0. The maximum atomic E-state index is 13.5. The van der Waals surface area contributed by atoms with Crippen LogP contribution in [0.25, 0.3) is 6.08 Å². The lowest BCUT2D eigenvalue weighted by molar-refractivity contribution is -0.116. The number of anilines is 2. The second-order valence-corrected chi connectivity index (χ2v) is 5.86. The largest absolute Gasteiger partial charge is 0.347 e. The van der Waals surface area contributed by atoms with Gasteiger partial charge in [-0.25, -0.2) is 8.78 Å². The van der Waals surface area contributed by atoms with Crippen molar-refractivity contribution in [3.63, 3.8) is 0 Å². The van der Waals surface area contributed by atoms with Crippen molar-refractivity contribution in [3.8, 4) is 0 Å². The fourth-order valence-electron chi connectivity index (χ4n) is 1.91. The third-order valence-corrected chi connectivity index (χ3v) is 3.25. The van der Waals surface area contributed by atoms with Crippen molar-refractivity contribution in [1.29, 1.82) is 0 Å². The van der Waals surface area contributed by atoms with Crippen LogP contribution >= 0.6 is 0 Å². The van der Waals surface area contributed by atoms with Gasteiger partial charge in [0.2, 0.25) is 17.8 Å². The van der Waals surface area contributed by atoms with E-state index in [0.717, 1.165) is 24.3 Å². The van der Waals surface area contributed by atoms with Gasteiger partial charge in [-0.1, -0.05) is 0 Å². The lowest BCUT2D eigenvalue weighted by Gasteiger charge is -2.16. The van der Waals surface area contributed by atoms with Crippen LogP contribution in [-0.2, 0) is 11.3 Å². The fraction of sp³-hybridized carbons (Fsp3) is 0.294. The van der Waals surface area contributed by atoms with Crippen LogP contribution in [0.15, 0.2) is 24.3 Å². The molecule has 0 bridgehead atoms. The minimum absolute atomic E-state index is 0.00917. The van der Waals surface area contributed by atoms with Crippen LogP contribution in [0.4, 0.5) is 20.7 Å². The number of amides is 1. The van der Waals surface area contributed by atoms with Gasteiger partial charge in [0.05, 0.1) is 6.54 Å². The van der Waals surface area contributed by atoms with Gasteiger partial charge in [-0.15, -0.1) is 0 Å². The van der Waals surface area contributed by atoms with Gasteiger partial charge in [0.25, 0.3) is 0 Å². The Morgan fingerprint density at radius 3 is 2.27 bits per heavy atom. The summed E-state index contributed by atoms with van der Waals surface area (Å²) in [4.78, 5) is 28.2. The zero-order valence-electron chi connectivity index (χ0n) is 15.0. The molecule has 0 fully saturated rings. The summed E-state index contributed by atoms with van der Waals surface area (Å²) in [6, 6.07) is 3.03. The normalized spacial score (nSPS) is 10.8. The maximum absolute atomic E-state index is 13.5. The van der Waals surface area contributed by atoms with Crippen LogP contribution in [0.5, 0.6) is 0 Å². The van der Waals surface area contributed by atoms with Crippen LogP contribution in [0.2, 0.25) is 0 Å². The van der Waals surface area contributed by atoms with Crippen molar-refractivity contribution in [2.75, 3.05) is 38.0 Å². The Kier molecular flexibility index (Phi) is 6.16. The van der Waals surface area contributed by atoms with Crippen molar-refractivity contribution in [2.24, 2.45) is 0 Å². The van der Waals surface area contributed by atoms with E-state index in [9.17, 15) is 13.6 Å². The number of nitrogens with one attached hydrogen (secondary N) is 1. The SMILES string of the molecule is CN(C)c1nc(CNC(=O)/C=C/c2cc(F)ccc2F)nc(N(C)C)n1. The van der Waals surface area contributed by atoms with Gasteiger partial charge in [-0.05, 0) is 24.3 Å². The average molecular weight is 362 g/mol. The van der Waals surface area contributed by atoms with Crippen LogP contribution in [0.3, 0.4) is 0 Å². The molecular weight excluding hydrogens is 342 g/mol. The van der Waals surface area contributed by atoms with Crippen molar-refractivity contribution in [2.45, 2.75) is 6.54 Å². The maximum Gasteiger partial charge on any atom is 0.244 e. The molecule has 0 spiro atoms. The Morgan fingerprint density at radius 2 is 1.69 bits per heavy atom. The third-order valence-electron chi connectivity index (χ3n) is 3.25. The summed E-state index contributed by atoms with van der Waals surface area (Å²) in [5.41, 5.74) is -0.00917. The topological polar surface area (TPSA) is 74.2 Å². The lowest BCUT2D eigenvalue weighted by Crippen LogP contribution is -2.25. The van der Waals surface area contributed by atoms with E-state index >= 15 is 0 Å². The van der Waals surface area contributed by atoms with E-state index in [-0.39, 0.29) is 12.1 Å². The molecule has 1 amide bonds. The van der Waals surface area contributed by atoms with Gasteiger partial charge in [0.1, 0.15) is 11.6 Å². The summed E-state index contributed by atoms with van der Waals surface area (Å²) in [7, 11) is 7.20. The van der Waals surface area contributed by atoms with Crippen molar-refractivity contribution in [1.82, 2.24) is 20.3 Å². The van der Waals surface area contributed by atoms with Crippen LogP contribution < -0.4 is 15.1 Å². The first-order valence-electron chi connectivity index (χ1n) is 7.77. The number of nitrogens with zero attached hydrogens (tertiary/aromatic N) is 5. The van der Waals surface area contributed by atoms with Gasteiger partial charge < -0.3 is 15.1 Å². The monoisotopic (exact) mass is 362 g/mol. The van der Waals surface area contributed by atoms with E-state index in [1.54, 1.807) is 38.0 Å². The average Bonchev–Trinajstić information content (AvgIpc) is 2.60. The minimum atomic E-state index is -0.612. The Bertz CT molecular complexity index is 797. The highest BCUT2D eigenvalue weighted by atomic mass is 19.1. The predicted octanol–water partition coefficient (Wildman–Crippen LogP) is 1.61. The summed E-state index contributed by atoms with van der Waals surface area (Å²) in [6.07, 6.45) is 2.33. The number of carbonyl (C=O) groups excluding carboxylic acids is 1. The summed E-state index contributed by atoms with van der Waals surface area (Å²) in [5.74, 6) is -0.364. The van der Waals surface area contributed by atoms with Crippen LogP contribution in [0, 0.1) is 11.6 Å². The number of aromatic nitrogens is 3. The number of hydrogen-bond donors (Lipinski definition) is 1. The summed E-state index contributed by atoms with van der Waals surface area (Å²) in [6.45, 7) is 0.0685. The fourth-order valence-corrected chi connectivity index (χ4v) is 1.91. The number of benzene rings is 1. The molecule has 7 nitrogen and oxygen atoms in total. The molecule has 0 saturated carbocycles. The molecule has 0 aliphatic rings. The standard InChI is InChI=1S/C17H20F2N6O/c1-24(2)16-21-14(22-17(23-16)25(3)4)10-20-15(26)8-5-11-9-12(18)6-7-13(11)19/h5-9H,10H2,1-4H3,(H,20,26)/b8-5+. The van der Waals surface area contributed by atoms with Gasteiger partial charge >= 0.3 is 0 Å². The van der Waals surface area contributed by atoms with E-state index < -0.39 is 17.5 Å². The molecule has 0 unspecified atom stereocenters. The summed E-state index contributed by atoms with van der Waals surface area (Å²) >= 11 is 0. The Balaban J connectivity index is 2.07. The van der Waals surface area contributed by atoms with Gasteiger partial charge in [-0.2, -0.15) is 15.0 Å². The molecule has 26 heavy (non-hydrogen) atoms. The van der Waals surface area contributed by atoms with E-state index in [2.05, 4.69) is 20.3 Å². The molecule has 9 heteroatoms. The minimum Gasteiger partial charge on any atom is -0.347 e. The molecule has 138 valence electrons. The van der Waals surface area contributed by atoms with E-state index in [4.69, 9.17) is 0 Å². The number of carbonyl (C=O) groups is 1. The molecule has 2 rings (SSSR count). The number of hydrogen-bond acceptors (Lipinski definition) is 6. The van der Waals surface area contributed by atoms with Gasteiger partial charge in [0, 0.05) is 39.8 Å². The second-order valence-electron chi connectivity index (χ2n) is 5.86. The first-order chi connectivity index (χ1) is 12.3. The molecule has 0 atom stereocenters. The first kappa shape index (κ1) is 19.2. The molecule has 1 aromatic heterocycles. The van der Waals surface area contributed by atoms with E-state index in [0.29, 0.717) is 17.7 Å². The van der Waals surface area contributed by atoms with Crippen LogP contribution in [0.1, 0.15) is 11.4 Å². The highest BCUT2D eigenvalue weighted by Crippen LogP contribution is 2.12. The highest BCUT2D eigenvalue weighted by Gasteiger charge is 2.10. The molecule has 0 aliphatic carbocycles. The molecule has 0 saturated heterocycles. The molecule has 1 heterocycles. The first-order valence-corrected chi connectivity index (χ1v) is 7.77. The summed E-state index contributed by atoms with van der Waals surface area (Å²) < 4.78 is 26.6. The van der Waals surface area contributed by atoms with Gasteiger partial charge in [0.15, 0.2) is 5.82 Å². The lowest BCUT2D eigenvalue weighted by atomic mass is 10.2. The third kappa shape index (κ3) is 5.20. The number of rotatable bonds is 6. The van der Waals surface area contributed by atoms with Gasteiger partial charge in [-0.3, -0.25) is 4.79 Å². The second kappa shape index (κ2) is 8.32. The Hall–Kier alpha value is -3.10. The smallest absolute Gasteiger partial charge is 0.244 e. The van der Waals surface area contributed by atoms with Crippen molar-refractivity contribution < 1.29 is 13.6 Å². The zero-order chi connectivity index (χ0) is 19.3. The molecule has 0 aliphatic heterocycles. The quantitative estimate of drug-likeness (QED) is 0.787. The highest BCUT2D eigenvalue weighted by molar-refractivity contribution is 5.91. The molecule has 1 N–H and O–H groups in total. The molecule has 1 aromatic carbocycles.